The van der Waals surface area contributed by atoms with Crippen molar-refractivity contribution < 1.29 is 18.7 Å². The number of hydrogen-bond acceptors (Lipinski definition) is 4. The zero-order valence-corrected chi connectivity index (χ0v) is 25.5. The van der Waals surface area contributed by atoms with Crippen LogP contribution in [-0.2, 0) is 11.3 Å². The average molecular weight is 574 g/mol. The van der Waals surface area contributed by atoms with E-state index in [0.29, 0.717) is 18.0 Å². The predicted molar refractivity (Wildman–Crippen MR) is 168 cm³/mol. The largest absolute Gasteiger partial charge is 0.497 e. The van der Waals surface area contributed by atoms with E-state index in [0.717, 1.165) is 60.1 Å². The Balaban J connectivity index is 1.66. The fourth-order valence-corrected chi connectivity index (χ4v) is 5.66. The van der Waals surface area contributed by atoms with E-state index in [4.69, 9.17) is 9.47 Å². The number of nitrogens with one attached hydrogen (secondary N) is 1. The molecule has 7 heteroatoms. The minimum Gasteiger partial charge on any atom is -0.497 e. The van der Waals surface area contributed by atoms with Gasteiger partial charge in [0, 0.05) is 48.1 Å². The molecule has 4 aromatic rings. The van der Waals surface area contributed by atoms with Crippen LogP contribution in [0.15, 0.2) is 72.9 Å². The van der Waals surface area contributed by atoms with Gasteiger partial charge in [0.25, 0.3) is 0 Å². The highest BCUT2D eigenvalue weighted by Crippen LogP contribution is 2.38. The van der Waals surface area contributed by atoms with Crippen molar-refractivity contribution in [2.75, 3.05) is 33.9 Å². The molecule has 0 fully saturated rings. The number of para-hydroxylation sites is 1. The molecular weight excluding hydrogens is 529 g/mol. The molecule has 1 heterocycles. The summed E-state index contributed by atoms with van der Waals surface area (Å²) in [4.78, 5) is 16.0. The third kappa shape index (κ3) is 7.91. The molecule has 42 heavy (non-hydrogen) atoms. The topological polar surface area (TPSA) is 55.7 Å². The lowest BCUT2D eigenvalue weighted by atomic mass is 9.87. The Kier molecular flexibility index (Phi) is 11.0. The number of aromatic nitrogens is 1. The second kappa shape index (κ2) is 14.9. The number of rotatable bonds is 15. The van der Waals surface area contributed by atoms with Gasteiger partial charge in [-0.3, -0.25) is 4.79 Å². The first-order chi connectivity index (χ1) is 20.3. The third-order valence-electron chi connectivity index (χ3n) is 8.04. The van der Waals surface area contributed by atoms with Crippen molar-refractivity contribution in [3.63, 3.8) is 0 Å². The van der Waals surface area contributed by atoms with E-state index in [1.165, 1.54) is 12.1 Å². The molecule has 3 aromatic carbocycles. The SMILES string of the molecule is CCN(CC)CCC[C@@H](C)NC(=O)C[C@H](c1cc(OC)cc(OC)c1)c1cn(Cc2ccc(F)cc2)c2ccccc12. The number of methoxy groups -OCH3 is 2. The highest BCUT2D eigenvalue weighted by Gasteiger charge is 2.25. The predicted octanol–water partition coefficient (Wildman–Crippen LogP) is 6.99. The van der Waals surface area contributed by atoms with Crippen molar-refractivity contribution in [1.82, 2.24) is 14.8 Å². The number of nitrogens with zero attached hydrogens (tertiary/aromatic N) is 2. The van der Waals surface area contributed by atoms with Crippen molar-refractivity contribution in [2.45, 2.75) is 58.5 Å². The van der Waals surface area contributed by atoms with Crippen molar-refractivity contribution in [3.05, 3.63) is 95.4 Å². The van der Waals surface area contributed by atoms with Crippen molar-refractivity contribution in [1.29, 1.82) is 0 Å². The monoisotopic (exact) mass is 573 g/mol. The van der Waals surface area contributed by atoms with Gasteiger partial charge >= 0.3 is 0 Å². The summed E-state index contributed by atoms with van der Waals surface area (Å²) in [6.07, 6.45) is 4.38. The maximum atomic E-state index is 13.6. The number of carbonyl (C=O) groups is 1. The van der Waals surface area contributed by atoms with Gasteiger partial charge < -0.3 is 24.3 Å². The number of carbonyl (C=O) groups excluding carboxylic acids is 1. The highest BCUT2D eigenvalue weighted by atomic mass is 19.1. The van der Waals surface area contributed by atoms with E-state index >= 15 is 0 Å². The Morgan fingerprint density at radius 1 is 0.976 bits per heavy atom. The number of amides is 1. The molecule has 0 aliphatic carbocycles. The number of hydrogen-bond donors (Lipinski definition) is 1. The Hall–Kier alpha value is -3.84. The second-order valence-electron chi connectivity index (χ2n) is 10.9. The molecule has 1 N–H and O–H groups in total. The molecule has 0 saturated heterocycles. The molecule has 1 amide bonds. The summed E-state index contributed by atoms with van der Waals surface area (Å²) in [5.74, 6) is 0.866. The molecule has 2 atom stereocenters. The molecular formula is C35H44FN3O3. The van der Waals surface area contributed by atoms with Gasteiger partial charge in [0.15, 0.2) is 0 Å². The molecule has 0 radical (unpaired) electrons. The van der Waals surface area contributed by atoms with Gasteiger partial charge in [-0.05, 0) is 86.4 Å². The summed E-state index contributed by atoms with van der Waals surface area (Å²) in [6, 6.07) is 20.7. The first-order valence-corrected chi connectivity index (χ1v) is 14.9. The second-order valence-corrected chi connectivity index (χ2v) is 10.9. The van der Waals surface area contributed by atoms with Crippen LogP contribution in [0, 0.1) is 5.82 Å². The summed E-state index contributed by atoms with van der Waals surface area (Å²) in [5, 5.41) is 4.33. The maximum Gasteiger partial charge on any atom is 0.221 e. The van der Waals surface area contributed by atoms with E-state index in [1.54, 1.807) is 14.2 Å². The average Bonchev–Trinajstić information content (AvgIpc) is 3.36. The van der Waals surface area contributed by atoms with Crippen LogP contribution in [0.5, 0.6) is 11.5 Å². The minimum absolute atomic E-state index is 0.00694. The van der Waals surface area contributed by atoms with Gasteiger partial charge in [-0.2, -0.15) is 0 Å². The molecule has 4 rings (SSSR count). The summed E-state index contributed by atoms with van der Waals surface area (Å²) >= 11 is 0. The van der Waals surface area contributed by atoms with Crippen molar-refractivity contribution in [3.8, 4) is 11.5 Å². The van der Waals surface area contributed by atoms with Gasteiger partial charge in [0.2, 0.25) is 5.91 Å². The fourth-order valence-electron chi connectivity index (χ4n) is 5.66. The molecule has 6 nitrogen and oxygen atoms in total. The van der Waals surface area contributed by atoms with Gasteiger partial charge in [0.1, 0.15) is 17.3 Å². The van der Waals surface area contributed by atoms with E-state index < -0.39 is 0 Å². The highest BCUT2D eigenvalue weighted by molar-refractivity contribution is 5.87. The first-order valence-electron chi connectivity index (χ1n) is 14.9. The minimum atomic E-state index is -0.253. The molecule has 0 unspecified atom stereocenters. The lowest BCUT2D eigenvalue weighted by Crippen LogP contribution is -2.34. The molecule has 0 bridgehead atoms. The van der Waals surface area contributed by atoms with Crippen LogP contribution in [0.2, 0.25) is 0 Å². The fraction of sp³-hybridized carbons (Fsp3) is 0.400. The molecule has 0 spiro atoms. The first kappa shape index (κ1) is 31.1. The van der Waals surface area contributed by atoms with Crippen LogP contribution >= 0.6 is 0 Å². The van der Waals surface area contributed by atoms with E-state index in [-0.39, 0.29) is 30.1 Å². The van der Waals surface area contributed by atoms with Crippen molar-refractivity contribution in [2.24, 2.45) is 0 Å². The van der Waals surface area contributed by atoms with Gasteiger partial charge in [-0.15, -0.1) is 0 Å². The maximum absolute atomic E-state index is 13.6. The Morgan fingerprint density at radius 2 is 1.64 bits per heavy atom. The number of halogens is 1. The number of benzene rings is 3. The quantitative estimate of drug-likeness (QED) is 0.167. The van der Waals surface area contributed by atoms with E-state index in [9.17, 15) is 9.18 Å². The van der Waals surface area contributed by atoms with Crippen LogP contribution in [0.3, 0.4) is 0 Å². The normalized spacial score (nSPS) is 12.8. The molecule has 0 aliphatic heterocycles. The van der Waals surface area contributed by atoms with E-state index in [1.807, 2.05) is 42.5 Å². The van der Waals surface area contributed by atoms with Crippen LogP contribution in [0.1, 0.15) is 62.6 Å². The van der Waals surface area contributed by atoms with Crippen molar-refractivity contribution >= 4 is 16.8 Å². The molecule has 0 aliphatic rings. The van der Waals surface area contributed by atoms with Crippen LogP contribution in [0.4, 0.5) is 4.39 Å². The Morgan fingerprint density at radius 3 is 2.29 bits per heavy atom. The van der Waals surface area contributed by atoms with Gasteiger partial charge in [0.05, 0.1) is 14.2 Å². The third-order valence-corrected chi connectivity index (χ3v) is 8.04. The summed E-state index contributed by atoms with van der Waals surface area (Å²) in [5.41, 5.74) is 4.05. The molecule has 0 saturated carbocycles. The Bertz CT molecular complexity index is 1420. The smallest absolute Gasteiger partial charge is 0.221 e. The summed E-state index contributed by atoms with van der Waals surface area (Å²) < 4.78 is 26.9. The van der Waals surface area contributed by atoms with Gasteiger partial charge in [-0.25, -0.2) is 4.39 Å². The lowest BCUT2D eigenvalue weighted by Gasteiger charge is -2.22. The summed E-state index contributed by atoms with van der Waals surface area (Å²) in [7, 11) is 3.27. The molecule has 224 valence electrons. The number of ether oxygens (including phenoxy) is 2. The lowest BCUT2D eigenvalue weighted by molar-refractivity contribution is -0.121. The summed E-state index contributed by atoms with van der Waals surface area (Å²) in [6.45, 7) is 10.1. The zero-order chi connectivity index (χ0) is 30.1. The Labute approximate surface area is 249 Å². The van der Waals surface area contributed by atoms with Crippen LogP contribution < -0.4 is 14.8 Å². The van der Waals surface area contributed by atoms with Crippen LogP contribution in [-0.4, -0.2) is 55.3 Å². The molecule has 1 aromatic heterocycles. The van der Waals surface area contributed by atoms with Gasteiger partial charge in [-0.1, -0.05) is 44.2 Å². The van der Waals surface area contributed by atoms with Crippen LogP contribution in [0.25, 0.3) is 10.9 Å². The number of fused-ring (bicyclic) bond motifs is 1. The standard InChI is InChI=1S/C35H44FN3O3/c1-6-38(7-2)18-10-11-25(3)37-35(40)22-32(27-19-29(41-4)21-30(20-27)42-5)33-24-39(34-13-9-8-12-31(33)34)23-26-14-16-28(36)17-15-26/h8-9,12-17,19-21,24-25,32H,6-7,10-11,18,22-23H2,1-5H3,(H,37,40)/t25-,32-/m1/s1. The van der Waals surface area contributed by atoms with E-state index in [2.05, 4.69) is 53.9 Å². The zero-order valence-electron chi connectivity index (χ0n) is 25.5.